The first-order chi connectivity index (χ1) is 10.5. The molecule has 2 rings (SSSR count). The van der Waals surface area contributed by atoms with Crippen LogP contribution in [-0.2, 0) is 4.84 Å². The molecule has 0 saturated heterocycles. The molecule has 0 saturated carbocycles. The Labute approximate surface area is 135 Å². The van der Waals surface area contributed by atoms with E-state index >= 15 is 0 Å². The first-order valence-corrected chi connectivity index (χ1v) is 7.49. The number of hydrogen-bond acceptors (Lipinski definition) is 7. The highest BCUT2D eigenvalue weighted by atomic mass is 35.5. The molecular weight excluding hydrogens is 328 g/mol. The highest BCUT2D eigenvalue weighted by Gasteiger charge is 2.17. The molecular formula is C13H13ClN4O3S. The van der Waals surface area contributed by atoms with Crippen molar-refractivity contribution in [3.05, 3.63) is 55.5 Å². The Balaban J connectivity index is 2.05. The van der Waals surface area contributed by atoms with Gasteiger partial charge in [-0.1, -0.05) is 41.1 Å². The van der Waals surface area contributed by atoms with Crippen molar-refractivity contribution in [1.82, 2.24) is 4.98 Å². The molecule has 1 N–H and O–H groups in total. The van der Waals surface area contributed by atoms with E-state index < -0.39 is 11.2 Å². The first-order valence-electron chi connectivity index (χ1n) is 6.29. The van der Waals surface area contributed by atoms with E-state index in [-0.39, 0.29) is 0 Å². The Hall–Kier alpha value is -2.19. The standard InChI is InChI=1S/C13H13ClN4O3S/c1-8-12(9(2)21-18(19)20)22-13(16-8)17-15-7-10-5-3-4-6-11(10)14/h3-7,9H,1-2H3,(H,16,17)/b15-7+. The topological polar surface area (TPSA) is 89.7 Å². The van der Waals surface area contributed by atoms with E-state index in [4.69, 9.17) is 11.6 Å². The third-order valence-electron chi connectivity index (χ3n) is 2.71. The maximum absolute atomic E-state index is 10.4. The minimum absolute atomic E-state index is 0.523. The largest absolute Gasteiger partial charge is 0.305 e. The smallest absolute Gasteiger partial charge is 0.295 e. The van der Waals surface area contributed by atoms with Gasteiger partial charge in [-0.05, 0) is 19.9 Å². The van der Waals surface area contributed by atoms with Gasteiger partial charge in [-0.3, -0.25) is 5.43 Å². The molecule has 1 atom stereocenters. The normalized spacial score (nSPS) is 12.3. The number of rotatable bonds is 6. The van der Waals surface area contributed by atoms with Gasteiger partial charge in [0.1, 0.15) is 6.10 Å². The van der Waals surface area contributed by atoms with Gasteiger partial charge in [0, 0.05) is 10.6 Å². The van der Waals surface area contributed by atoms with Crippen LogP contribution >= 0.6 is 22.9 Å². The summed E-state index contributed by atoms with van der Waals surface area (Å²) in [6, 6.07) is 7.29. The Kier molecular flexibility index (Phi) is 5.29. The third-order valence-corrected chi connectivity index (χ3v) is 4.28. The molecule has 0 aliphatic carbocycles. The molecule has 0 fully saturated rings. The van der Waals surface area contributed by atoms with Crippen molar-refractivity contribution in [3.63, 3.8) is 0 Å². The molecule has 116 valence electrons. The van der Waals surface area contributed by atoms with Gasteiger partial charge in [-0.25, -0.2) is 4.98 Å². The molecule has 0 spiro atoms. The van der Waals surface area contributed by atoms with E-state index in [1.807, 2.05) is 18.2 Å². The predicted octanol–water partition coefficient (Wildman–Crippen LogP) is 3.82. The molecule has 2 aromatic rings. The molecule has 9 heteroatoms. The molecule has 0 amide bonds. The quantitative estimate of drug-likeness (QED) is 0.490. The second-order valence-corrected chi connectivity index (χ2v) is 5.77. The zero-order valence-corrected chi connectivity index (χ0v) is 13.4. The van der Waals surface area contributed by atoms with Crippen LogP contribution < -0.4 is 5.43 Å². The number of thiazole rings is 1. The summed E-state index contributed by atoms with van der Waals surface area (Å²) in [6.45, 7) is 3.36. The van der Waals surface area contributed by atoms with Crippen molar-refractivity contribution < 1.29 is 9.92 Å². The number of anilines is 1. The van der Waals surface area contributed by atoms with Gasteiger partial charge in [0.2, 0.25) is 5.13 Å². The summed E-state index contributed by atoms with van der Waals surface area (Å²) in [7, 11) is 0. The molecule has 0 bridgehead atoms. The van der Waals surface area contributed by atoms with Gasteiger partial charge >= 0.3 is 0 Å². The van der Waals surface area contributed by atoms with Gasteiger partial charge in [-0.15, -0.1) is 10.1 Å². The zero-order chi connectivity index (χ0) is 16.1. The van der Waals surface area contributed by atoms with Crippen LogP contribution in [0.25, 0.3) is 0 Å². The average molecular weight is 341 g/mol. The van der Waals surface area contributed by atoms with Crippen molar-refractivity contribution >= 4 is 34.3 Å². The molecule has 7 nitrogen and oxygen atoms in total. The summed E-state index contributed by atoms with van der Waals surface area (Å²) in [5.74, 6) is 0. The van der Waals surface area contributed by atoms with Gasteiger partial charge in [0.15, 0.2) is 0 Å². The van der Waals surface area contributed by atoms with E-state index in [1.54, 1.807) is 26.1 Å². The second kappa shape index (κ2) is 7.19. The molecule has 1 aromatic heterocycles. The number of hydrazone groups is 1. The van der Waals surface area contributed by atoms with Gasteiger partial charge in [-0.2, -0.15) is 5.10 Å². The van der Waals surface area contributed by atoms with Gasteiger partial charge in [0.05, 0.1) is 16.8 Å². The second-order valence-electron chi connectivity index (χ2n) is 4.33. The maximum atomic E-state index is 10.4. The average Bonchev–Trinajstić information content (AvgIpc) is 2.81. The summed E-state index contributed by atoms with van der Waals surface area (Å²) < 4.78 is 0. The van der Waals surface area contributed by atoms with Crippen molar-refractivity contribution in [2.24, 2.45) is 5.10 Å². The number of benzene rings is 1. The van der Waals surface area contributed by atoms with Crippen LogP contribution in [0, 0.1) is 17.0 Å². The van der Waals surface area contributed by atoms with Crippen LogP contribution in [0.3, 0.4) is 0 Å². The van der Waals surface area contributed by atoms with Crippen molar-refractivity contribution in [1.29, 1.82) is 0 Å². The minimum atomic E-state index is -0.813. The van der Waals surface area contributed by atoms with Crippen LogP contribution in [0.1, 0.15) is 29.2 Å². The Bertz CT molecular complexity index is 704. The summed E-state index contributed by atoms with van der Waals surface area (Å²) in [6.07, 6.45) is 0.908. The molecule has 0 aliphatic rings. The van der Waals surface area contributed by atoms with Crippen LogP contribution in [0.15, 0.2) is 29.4 Å². The van der Waals surface area contributed by atoms with E-state index in [0.717, 1.165) is 5.56 Å². The number of nitrogens with one attached hydrogen (secondary N) is 1. The lowest BCUT2D eigenvalue weighted by molar-refractivity contribution is -0.769. The lowest BCUT2D eigenvalue weighted by Gasteiger charge is -2.06. The molecule has 1 aromatic carbocycles. The minimum Gasteiger partial charge on any atom is -0.305 e. The summed E-state index contributed by atoms with van der Waals surface area (Å²) >= 11 is 7.26. The Morgan fingerprint density at radius 1 is 1.55 bits per heavy atom. The zero-order valence-electron chi connectivity index (χ0n) is 11.8. The van der Waals surface area contributed by atoms with Gasteiger partial charge in [0.25, 0.3) is 5.09 Å². The SMILES string of the molecule is Cc1nc(N/N=C/c2ccccc2Cl)sc1C(C)O[N+](=O)[O-]. The summed E-state index contributed by atoms with van der Waals surface area (Å²) in [5, 5.41) is 14.7. The van der Waals surface area contributed by atoms with Crippen LogP contribution in [0.2, 0.25) is 5.02 Å². The van der Waals surface area contributed by atoms with Crippen molar-refractivity contribution in [3.8, 4) is 0 Å². The fourth-order valence-corrected chi connectivity index (χ4v) is 2.82. The Morgan fingerprint density at radius 2 is 2.27 bits per heavy atom. The number of nitrogens with zero attached hydrogens (tertiary/aromatic N) is 3. The van der Waals surface area contributed by atoms with Crippen LogP contribution in [0.5, 0.6) is 0 Å². The summed E-state index contributed by atoms with van der Waals surface area (Å²) in [5.41, 5.74) is 4.22. The predicted molar refractivity (Wildman–Crippen MR) is 86.0 cm³/mol. The van der Waals surface area contributed by atoms with Crippen molar-refractivity contribution in [2.45, 2.75) is 20.0 Å². The fraction of sp³-hybridized carbons (Fsp3) is 0.231. The van der Waals surface area contributed by atoms with E-state index in [9.17, 15) is 10.1 Å². The lowest BCUT2D eigenvalue weighted by atomic mass is 10.2. The molecule has 0 radical (unpaired) electrons. The fourth-order valence-electron chi connectivity index (χ4n) is 1.75. The lowest BCUT2D eigenvalue weighted by Crippen LogP contribution is -2.05. The first kappa shape index (κ1) is 16.2. The Morgan fingerprint density at radius 3 is 2.95 bits per heavy atom. The van der Waals surface area contributed by atoms with E-state index in [0.29, 0.717) is 20.7 Å². The number of halogens is 1. The highest BCUT2D eigenvalue weighted by molar-refractivity contribution is 7.15. The van der Waals surface area contributed by atoms with Crippen molar-refractivity contribution in [2.75, 3.05) is 5.43 Å². The third kappa shape index (κ3) is 4.15. The van der Waals surface area contributed by atoms with Gasteiger partial charge < -0.3 is 4.84 Å². The number of aryl methyl sites for hydroxylation is 1. The van der Waals surface area contributed by atoms with E-state index in [1.165, 1.54) is 11.3 Å². The molecule has 1 unspecified atom stereocenters. The summed E-state index contributed by atoms with van der Waals surface area (Å²) in [4.78, 5) is 19.8. The van der Waals surface area contributed by atoms with Crippen LogP contribution in [0.4, 0.5) is 5.13 Å². The molecule has 0 aliphatic heterocycles. The number of hydrogen-bond donors (Lipinski definition) is 1. The molecule has 1 heterocycles. The number of aromatic nitrogens is 1. The maximum Gasteiger partial charge on any atom is 0.295 e. The van der Waals surface area contributed by atoms with E-state index in [2.05, 4.69) is 20.3 Å². The van der Waals surface area contributed by atoms with Crippen LogP contribution in [-0.4, -0.2) is 16.3 Å². The highest BCUT2D eigenvalue weighted by Crippen LogP contribution is 2.30. The molecule has 22 heavy (non-hydrogen) atoms. The monoisotopic (exact) mass is 340 g/mol.